The van der Waals surface area contributed by atoms with Gasteiger partial charge in [-0.25, -0.2) is 9.97 Å². The van der Waals surface area contributed by atoms with Gasteiger partial charge in [0.2, 0.25) is 5.82 Å². The number of rotatable bonds is 5. The number of hydrogen-bond donors (Lipinski definition) is 2. The molecule has 8 heteroatoms. The van der Waals surface area contributed by atoms with E-state index in [0.29, 0.717) is 18.8 Å². The first-order valence-electron chi connectivity index (χ1n) is 12.2. The van der Waals surface area contributed by atoms with Gasteiger partial charge in [-0.05, 0) is 64.6 Å². The second kappa shape index (κ2) is 8.58. The predicted molar refractivity (Wildman–Crippen MR) is 129 cm³/mol. The lowest BCUT2D eigenvalue weighted by Gasteiger charge is -2.53. The summed E-state index contributed by atoms with van der Waals surface area (Å²) in [5, 5.41) is 31.6. The molecule has 1 spiro atoms. The Morgan fingerprint density at radius 2 is 1.71 bits per heavy atom. The van der Waals surface area contributed by atoms with E-state index in [1.807, 2.05) is 11.0 Å². The Kier molecular flexibility index (Phi) is 5.85. The van der Waals surface area contributed by atoms with Crippen LogP contribution in [0.15, 0.2) is 42.7 Å². The third-order valence-electron chi connectivity index (χ3n) is 8.63. The van der Waals surface area contributed by atoms with Crippen molar-refractivity contribution in [2.45, 2.75) is 68.0 Å². The minimum atomic E-state index is -0.871. The first kappa shape index (κ1) is 23.2. The first-order valence-corrected chi connectivity index (χ1v) is 12.2. The fourth-order valence-electron chi connectivity index (χ4n) is 6.28. The molecule has 0 bridgehead atoms. The van der Waals surface area contributed by atoms with Crippen molar-refractivity contribution in [3.05, 3.63) is 54.1 Å². The van der Waals surface area contributed by atoms with Crippen molar-refractivity contribution in [3.63, 3.8) is 0 Å². The molecule has 2 heterocycles. The van der Waals surface area contributed by atoms with Crippen molar-refractivity contribution in [3.8, 4) is 6.07 Å². The molecule has 1 unspecified atom stereocenters. The van der Waals surface area contributed by atoms with Gasteiger partial charge in [0.05, 0.1) is 23.7 Å². The maximum Gasteiger partial charge on any atom is 0.232 e. The summed E-state index contributed by atoms with van der Waals surface area (Å²) in [6.45, 7) is 1.10. The SMILES string of the molecule is CN(C)C1(c2ccccc2)CCC2(CC1)CN(c1cnc(C#N)nc1)C(O)N2CC1(O)CCC1. The highest BCUT2D eigenvalue weighted by Gasteiger charge is 2.56. The number of aliphatic hydroxyl groups is 2. The second-order valence-corrected chi connectivity index (χ2v) is 10.6. The van der Waals surface area contributed by atoms with Crippen LogP contribution in [0.1, 0.15) is 56.3 Å². The van der Waals surface area contributed by atoms with Crippen molar-refractivity contribution in [1.29, 1.82) is 5.26 Å². The Bertz CT molecular complexity index is 1040. The normalized spacial score (nSPS) is 30.9. The van der Waals surface area contributed by atoms with Crippen LogP contribution in [0.4, 0.5) is 5.69 Å². The molecule has 5 rings (SSSR count). The quantitative estimate of drug-likeness (QED) is 0.699. The summed E-state index contributed by atoms with van der Waals surface area (Å²) >= 11 is 0. The first-order chi connectivity index (χ1) is 16.3. The van der Waals surface area contributed by atoms with E-state index >= 15 is 0 Å². The third-order valence-corrected chi connectivity index (χ3v) is 8.63. The van der Waals surface area contributed by atoms with E-state index in [4.69, 9.17) is 5.26 Å². The second-order valence-electron chi connectivity index (χ2n) is 10.6. The molecule has 3 aliphatic rings. The molecule has 3 fully saturated rings. The predicted octanol–water partition coefficient (Wildman–Crippen LogP) is 2.43. The highest BCUT2D eigenvalue weighted by atomic mass is 16.3. The Morgan fingerprint density at radius 1 is 1.06 bits per heavy atom. The molecule has 2 N–H and O–H groups in total. The van der Waals surface area contributed by atoms with Gasteiger partial charge in [-0.1, -0.05) is 30.3 Å². The lowest BCUT2D eigenvalue weighted by atomic mass is 9.67. The maximum atomic E-state index is 11.5. The number of benzene rings is 1. The summed E-state index contributed by atoms with van der Waals surface area (Å²) in [5.41, 5.74) is 0.978. The van der Waals surface area contributed by atoms with Gasteiger partial charge < -0.3 is 15.1 Å². The Labute approximate surface area is 201 Å². The van der Waals surface area contributed by atoms with Crippen molar-refractivity contribution in [1.82, 2.24) is 19.8 Å². The van der Waals surface area contributed by atoms with Crippen LogP contribution in [0, 0.1) is 11.3 Å². The smallest absolute Gasteiger partial charge is 0.232 e. The van der Waals surface area contributed by atoms with Gasteiger partial charge in [0, 0.05) is 24.2 Å². The fourth-order valence-corrected chi connectivity index (χ4v) is 6.28. The molecule has 1 atom stereocenters. The van der Waals surface area contributed by atoms with Gasteiger partial charge in [0.1, 0.15) is 6.07 Å². The minimum absolute atomic E-state index is 0.0541. The molecule has 1 aliphatic heterocycles. The van der Waals surface area contributed by atoms with Gasteiger partial charge in [-0.15, -0.1) is 0 Å². The zero-order chi connectivity index (χ0) is 24.0. The molecule has 0 radical (unpaired) electrons. The molecule has 1 saturated heterocycles. The molecular weight excluding hydrogens is 428 g/mol. The van der Waals surface area contributed by atoms with Crippen molar-refractivity contribution < 1.29 is 10.2 Å². The molecule has 8 nitrogen and oxygen atoms in total. The number of aliphatic hydroxyl groups excluding tert-OH is 1. The summed E-state index contributed by atoms with van der Waals surface area (Å²) in [7, 11) is 4.31. The number of aromatic nitrogens is 2. The number of hydrogen-bond acceptors (Lipinski definition) is 8. The molecule has 0 amide bonds. The third kappa shape index (κ3) is 3.77. The van der Waals surface area contributed by atoms with Gasteiger partial charge in [-0.3, -0.25) is 9.80 Å². The van der Waals surface area contributed by atoms with Crippen molar-refractivity contribution in [2.24, 2.45) is 0 Å². The Morgan fingerprint density at radius 3 is 2.24 bits per heavy atom. The number of β-amino-alcohol motifs (C(OH)–C–C–N with tert-alkyl or cyclic N) is 1. The number of nitrogens with zero attached hydrogens (tertiary/aromatic N) is 6. The zero-order valence-electron chi connectivity index (χ0n) is 20.1. The van der Waals surface area contributed by atoms with Crippen LogP contribution in [0.3, 0.4) is 0 Å². The van der Waals surface area contributed by atoms with Crippen molar-refractivity contribution in [2.75, 3.05) is 32.1 Å². The van der Waals surface area contributed by atoms with E-state index in [0.717, 1.165) is 44.9 Å². The van der Waals surface area contributed by atoms with Crippen LogP contribution in [-0.2, 0) is 5.54 Å². The standard InChI is InChI=1S/C26H34N6O2/c1-30(2)26(20-7-4-3-5-8-20)13-11-24(12-14-26)18-31(21-16-28-22(15-27)29-17-21)23(33)32(24)19-25(34)9-6-10-25/h3-5,7-8,16-17,23,33-34H,6,9-14,18-19H2,1-2H3. The van der Waals surface area contributed by atoms with Crippen LogP contribution >= 0.6 is 0 Å². The average Bonchev–Trinajstić information content (AvgIpc) is 3.10. The molecule has 2 saturated carbocycles. The molecule has 1 aromatic carbocycles. The number of nitriles is 1. The summed E-state index contributed by atoms with van der Waals surface area (Å²) in [6, 6.07) is 12.7. The van der Waals surface area contributed by atoms with Gasteiger partial charge in [-0.2, -0.15) is 5.26 Å². The van der Waals surface area contributed by atoms with Crippen LogP contribution in [0.25, 0.3) is 0 Å². The summed E-state index contributed by atoms with van der Waals surface area (Å²) in [4.78, 5) is 14.6. The van der Waals surface area contributed by atoms with Gasteiger partial charge >= 0.3 is 0 Å². The van der Waals surface area contributed by atoms with Crippen LogP contribution in [0.2, 0.25) is 0 Å². The summed E-state index contributed by atoms with van der Waals surface area (Å²) < 4.78 is 0. The van der Waals surface area contributed by atoms with Crippen molar-refractivity contribution >= 4 is 5.69 Å². The van der Waals surface area contributed by atoms with E-state index in [1.54, 1.807) is 12.4 Å². The van der Waals surface area contributed by atoms with E-state index < -0.39 is 12.0 Å². The van der Waals surface area contributed by atoms with E-state index in [-0.39, 0.29) is 16.9 Å². The van der Waals surface area contributed by atoms with Gasteiger partial charge in [0.15, 0.2) is 6.35 Å². The molecule has 2 aromatic rings. The zero-order valence-corrected chi connectivity index (χ0v) is 20.1. The Hall–Kier alpha value is -2.57. The largest absolute Gasteiger partial charge is 0.389 e. The fraction of sp³-hybridized carbons (Fsp3) is 0.577. The highest BCUT2D eigenvalue weighted by Crippen LogP contribution is 2.51. The Balaban J connectivity index is 1.46. The molecule has 1 aromatic heterocycles. The lowest BCUT2D eigenvalue weighted by Crippen LogP contribution is -2.60. The van der Waals surface area contributed by atoms with Gasteiger partial charge in [0.25, 0.3) is 0 Å². The maximum absolute atomic E-state index is 11.5. The molecule has 34 heavy (non-hydrogen) atoms. The minimum Gasteiger partial charge on any atom is -0.389 e. The number of anilines is 1. The van der Waals surface area contributed by atoms with Crippen LogP contribution < -0.4 is 4.90 Å². The monoisotopic (exact) mass is 462 g/mol. The topological polar surface area (TPSA) is 99.8 Å². The molecule has 180 valence electrons. The van der Waals surface area contributed by atoms with E-state index in [1.165, 1.54) is 5.56 Å². The highest BCUT2D eigenvalue weighted by molar-refractivity contribution is 5.46. The summed E-state index contributed by atoms with van der Waals surface area (Å²) in [5.74, 6) is 0.115. The molecular formula is C26H34N6O2. The van der Waals surface area contributed by atoms with Crippen LogP contribution in [-0.4, -0.2) is 74.7 Å². The summed E-state index contributed by atoms with van der Waals surface area (Å²) in [6.07, 6.45) is 8.66. The average molecular weight is 463 g/mol. The molecule has 2 aliphatic carbocycles. The van der Waals surface area contributed by atoms with E-state index in [9.17, 15) is 10.2 Å². The van der Waals surface area contributed by atoms with E-state index in [2.05, 4.69) is 64.2 Å². The van der Waals surface area contributed by atoms with Crippen LogP contribution in [0.5, 0.6) is 0 Å². The lowest BCUT2D eigenvalue weighted by molar-refractivity contribution is -0.124.